The van der Waals surface area contributed by atoms with Crippen LogP contribution in [0.5, 0.6) is 0 Å². The lowest BCUT2D eigenvalue weighted by atomic mass is 10.2. The number of hydrogen-bond acceptors (Lipinski definition) is 2. The largest absolute Gasteiger partial charge is 0.244 e. The summed E-state index contributed by atoms with van der Waals surface area (Å²) in [7, 11) is 0. The van der Waals surface area contributed by atoms with E-state index >= 15 is 0 Å². The van der Waals surface area contributed by atoms with E-state index in [2.05, 4.69) is 4.98 Å². The van der Waals surface area contributed by atoms with Gasteiger partial charge in [0.05, 0.1) is 5.02 Å². The van der Waals surface area contributed by atoms with Crippen LogP contribution in [0.4, 0.5) is 0 Å². The summed E-state index contributed by atoms with van der Waals surface area (Å²) in [5, 5.41) is 9.02. The number of rotatable bonds is 0. The highest BCUT2D eigenvalue weighted by molar-refractivity contribution is 6.30. The highest BCUT2D eigenvalue weighted by Gasteiger charge is 1.96. The second-order valence-electron chi connectivity index (χ2n) is 1.93. The first-order valence-electron chi connectivity index (χ1n) is 2.76. The van der Waals surface area contributed by atoms with Gasteiger partial charge in [-0.15, -0.1) is 0 Å². The van der Waals surface area contributed by atoms with E-state index in [9.17, 15) is 0 Å². The predicted molar refractivity (Wildman–Crippen MR) is 38.7 cm³/mol. The first kappa shape index (κ1) is 7.04. The SMILES string of the molecule is Cc1cc(Cl)cnc1C#N. The van der Waals surface area contributed by atoms with Gasteiger partial charge in [-0.05, 0) is 18.6 Å². The maximum absolute atomic E-state index is 8.45. The average Bonchev–Trinajstić information content (AvgIpc) is 1.88. The summed E-state index contributed by atoms with van der Waals surface area (Å²) in [5.74, 6) is 0. The fourth-order valence-electron chi connectivity index (χ4n) is 0.658. The summed E-state index contributed by atoms with van der Waals surface area (Å²) in [6, 6.07) is 3.67. The van der Waals surface area contributed by atoms with E-state index in [1.165, 1.54) is 6.20 Å². The van der Waals surface area contributed by atoms with Crippen molar-refractivity contribution in [3.05, 3.63) is 28.5 Å². The smallest absolute Gasteiger partial charge is 0.143 e. The maximum atomic E-state index is 8.45. The summed E-state index contributed by atoms with van der Waals surface area (Å²) in [6.07, 6.45) is 1.47. The summed E-state index contributed by atoms with van der Waals surface area (Å²) < 4.78 is 0. The van der Waals surface area contributed by atoms with E-state index < -0.39 is 0 Å². The summed E-state index contributed by atoms with van der Waals surface area (Å²) in [6.45, 7) is 1.80. The van der Waals surface area contributed by atoms with Gasteiger partial charge in [-0.2, -0.15) is 5.26 Å². The molecule has 0 saturated heterocycles. The van der Waals surface area contributed by atoms with Gasteiger partial charge in [-0.1, -0.05) is 11.6 Å². The molecule has 0 atom stereocenters. The van der Waals surface area contributed by atoms with E-state index in [1.807, 2.05) is 6.07 Å². The third-order valence-electron chi connectivity index (χ3n) is 1.15. The van der Waals surface area contributed by atoms with Gasteiger partial charge in [0, 0.05) is 6.20 Å². The predicted octanol–water partition coefficient (Wildman–Crippen LogP) is 1.92. The van der Waals surface area contributed by atoms with Crippen molar-refractivity contribution in [2.45, 2.75) is 6.92 Å². The van der Waals surface area contributed by atoms with Crippen molar-refractivity contribution in [3.63, 3.8) is 0 Å². The second kappa shape index (κ2) is 2.68. The quantitative estimate of drug-likeness (QED) is 0.570. The standard InChI is InChI=1S/C7H5ClN2/c1-5-2-6(8)4-10-7(5)3-9/h2,4H,1H3. The molecular weight excluding hydrogens is 148 g/mol. The van der Waals surface area contributed by atoms with Crippen LogP contribution in [-0.2, 0) is 0 Å². The van der Waals surface area contributed by atoms with Crippen molar-refractivity contribution < 1.29 is 0 Å². The molecule has 0 unspecified atom stereocenters. The summed E-state index contributed by atoms with van der Waals surface area (Å²) in [5.41, 5.74) is 1.25. The molecule has 0 bridgehead atoms. The number of hydrogen-bond donors (Lipinski definition) is 0. The first-order valence-corrected chi connectivity index (χ1v) is 3.14. The Balaban J connectivity index is 3.23. The normalized spacial score (nSPS) is 8.90. The van der Waals surface area contributed by atoms with Crippen LogP contribution in [0.2, 0.25) is 5.02 Å². The minimum Gasteiger partial charge on any atom is -0.244 e. The molecule has 1 aromatic heterocycles. The molecule has 2 nitrogen and oxygen atoms in total. The molecule has 10 heavy (non-hydrogen) atoms. The molecule has 0 aliphatic rings. The van der Waals surface area contributed by atoms with Gasteiger partial charge in [0.15, 0.2) is 0 Å². The topological polar surface area (TPSA) is 36.7 Å². The lowest BCUT2D eigenvalue weighted by Gasteiger charge is -1.93. The molecule has 1 aromatic rings. The number of pyridine rings is 1. The molecule has 0 spiro atoms. The third kappa shape index (κ3) is 1.26. The Morgan fingerprint density at radius 3 is 2.90 bits per heavy atom. The number of aromatic nitrogens is 1. The van der Waals surface area contributed by atoms with Crippen LogP contribution >= 0.6 is 11.6 Å². The van der Waals surface area contributed by atoms with Gasteiger partial charge in [-0.25, -0.2) is 4.98 Å². The fourth-order valence-corrected chi connectivity index (χ4v) is 0.870. The summed E-state index contributed by atoms with van der Waals surface area (Å²) >= 11 is 5.60. The zero-order valence-corrected chi connectivity index (χ0v) is 6.18. The van der Waals surface area contributed by atoms with Crippen molar-refractivity contribution in [1.29, 1.82) is 5.26 Å². The molecule has 0 radical (unpaired) electrons. The second-order valence-corrected chi connectivity index (χ2v) is 2.37. The first-order chi connectivity index (χ1) is 4.74. The zero-order valence-electron chi connectivity index (χ0n) is 5.43. The summed E-state index contributed by atoms with van der Waals surface area (Å²) in [4.78, 5) is 3.80. The molecule has 0 aliphatic heterocycles. The van der Waals surface area contributed by atoms with E-state index in [0.29, 0.717) is 10.7 Å². The Hall–Kier alpha value is -1.07. The van der Waals surface area contributed by atoms with Crippen LogP contribution in [0.15, 0.2) is 12.3 Å². The Bertz CT molecular complexity index is 288. The van der Waals surface area contributed by atoms with Crippen molar-refractivity contribution in [2.75, 3.05) is 0 Å². The van der Waals surface area contributed by atoms with E-state index in [-0.39, 0.29) is 0 Å². The third-order valence-corrected chi connectivity index (χ3v) is 1.36. The zero-order chi connectivity index (χ0) is 7.56. The van der Waals surface area contributed by atoms with Crippen LogP contribution in [-0.4, -0.2) is 4.98 Å². The molecule has 0 N–H and O–H groups in total. The Morgan fingerprint density at radius 2 is 2.40 bits per heavy atom. The molecule has 50 valence electrons. The van der Waals surface area contributed by atoms with Gasteiger partial charge >= 0.3 is 0 Å². The van der Waals surface area contributed by atoms with Crippen LogP contribution in [0.25, 0.3) is 0 Å². The highest BCUT2D eigenvalue weighted by Crippen LogP contribution is 2.10. The molecule has 0 saturated carbocycles. The maximum Gasteiger partial charge on any atom is 0.143 e. The minimum absolute atomic E-state index is 0.435. The van der Waals surface area contributed by atoms with Crippen LogP contribution in [0.3, 0.4) is 0 Å². The molecule has 1 heterocycles. The van der Waals surface area contributed by atoms with Gasteiger partial charge in [0.1, 0.15) is 11.8 Å². The van der Waals surface area contributed by atoms with Gasteiger partial charge in [0.25, 0.3) is 0 Å². The molecule has 0 fully saturated rings. The molecule has 3 heteroatoms. The molecule has 1 rings (SSSR count). The molecule has 0 amide bonds. The molecular formula is C7H5ClN2. The van der Waals surface area contributed by atoms with Crippen molar-refractivity contribution in [1.82, 2.24) is 4.98 Å². The average molecular weight is 153 g/mol. The lowest BCUT2D eigenvalue weighted by molar-refractivity contribution is 1.21. The Morgan fingerprint density at radius 1 is 1.70 bits per heavy atom. The van der Waals surface area contributed by atoms with E-state index in [4.69, 9.17) is 16.9 Å². The van der Waals surface area contributed by atoms with Gasteiger partial charge < -0.3 is 0 Å². The van der Waals surface area contributed by atoms with Crippen molar-refractivity contribution >= 4 is 11.6 Å². The van der Waals surface area contributed by atoms with E-state index in [0.717, 1.165) is 5.56 Å². The van der Waals surface area contributed by atoms with Crippen molar-refractivity contribution in [2.24, 2.45) is 0 Å². The lowest BCUT2D eigenvalue weighted by Crippen LogP contribution is -1.85. The molecule has 0 aromatic carbocycles. The highest BCUT2D eigenvalue weighted by atomic mass is 35.5. The van der Waals surface area contributed by atoms with Crippen LogP contribution in [0, 0.1) is 18.3 Å². The number of nitrogens with zero attached hydrogens (tertiary/aromatic N) is 2. The fraction of sp³-hybridized carbons (Fsp3) is 0.143. The number of halogens is 1. The van der Waals surface area contributed by atoms with Crippen molar-refractivity contribution in [3.8, 4) is 6.07 Å². The van der Waals surface area contributed by atoms with Gasteiger partial charge in [-0.3, -0.25) is 0 Å². The number of aryl methyl sites for hydroxylation is 1. The number of nitriles is 1. The Labute approximate surface area is 64.1 Å². The van der Waals surface area contributed by atoms with Gasteiger partial charge in [0.2, 0.25) is 0 Å². The van der Waals surface area contributed by atoms with Crippen LogP contribution in [0.1, 0.15) is 11.3 Å². The van der Waals surface area contributed by atoms with E-state index in [1.54, 1.807) is 13.0 Å². The molecule has 0 aliphatic carbocycles. The Kier molecular flexibility index (Phi) is 1.88. The monoisotopic (exact) mass is 152 g/mol. The minimum atomic E-state index is 0.435. The van der Waals surface area contributed by atoms with Crippen LogP contribution < -0.4 is 0 Å².